The second kappa shape index (κ2) is 34.9. The molecule has 4 aromatic carbocycles. The van der Waals surface area contributed by atoms with Crippen LogP contribution < -0.4 is 26.3 Å². The number of carbonyl (C=O) groups excluding carboxylic acids is 1. The zero-order chi connectivity index (χ0) is 50.6. The molecule has 0 radical (unpaired) electrons. The van der Waals surface area contributed by atoms with E-state index in [0.29, 0.717) is 45.3 Å². The predicted octanol–water partition coefficient (Wildman–Crippen LogP) is 16.3. The Bertz CT molecular complexity index is 1720. The van der Waals surface area contributed by atoms with Gasteiger partial charge in [-0.25, -0.2) is 0 Å². The Balaban J connectivity index is 0. The summed E-state index contributed by atoms with van der Waals surface area (Å²) in [6, 6.07) is 27.5. The van der Waals surface area contributed by atoms with Crippen LogP contribution in [0.1, 0.15) is 147 Å². The molecule has 0 heterocycles. The van der Waals surface area contributed by atoms with Gasteiger partial charge in [-0.15, -0.1) is 22.7 Å². The van der Waals surface area contributed by atoms with E-state index in [2.05, 4.69) is 211 Å². The summed E-state index contributed by atoms with van der Waals surface area (Å²) < 4.78 is 4.83. The van der Waals surface area contributed by atoms with Gasteiger partial charge in [-0.2, -0.15) is 0 Å². The molecule has 0 aliphatic heterocycles. The molecule has 0 aliphatic rings. The van der Waals surface area contributed by atoms with Crippen LogP contribution in [-0.4, -0.2) is 65.0 Å². The fourth-order valence-electron chi connectivity index (χ4n) is 8.81. The standard InChI is InChI=1S/2C26H40NP2.C4H10O.CO2.2Ni/c2*1-17(2)28(18(3)4)25-15-21(9)11-13-23(25)27-24-14-12-22(10)16-26(24)29(19(5)6)20(7)8;1-3-5-4-2;2-1-3;;/h2*11-20H,1-10H3;3-4H2,1-2H3;;;/q2*-1;;-2;2*+2. The smallest absolute Gasteiger partial charge is 0.794 e. The topological polar surface area (TPSA) is 77.6 Å². The van der Waals surface area contributed by atoms with E-state index in [4.69, 9.17) is 25.3 Å². The molecule has 0 bridgehead atoms. The summed E-state index contributed by atoms with van der Waals surface area (Å²) in [4.78, 5) is 8.12. The number of benzene rings is 4. The van der Waals surface area contributed by atoms with Crippen LogP contribution in [0.25, 0.3) is 10.6 Å². The zero-order valence-electron chi connectivity index (χ0n) is 46.0. The second-order valence-corrected chi connectivity index (χ2v) is 32.9. The Morgan fingerprint density at radius 3 is 0.691 bits per heavy atom. The maximum Gasteiger partial charge on any atom is 2.00 e. The number of hydrogen-bond donors (Lipinski definition) is 0. The van der Waals surface area contributed by atoms with Crippen LogP contribution >= 0.6 is 31.7 Å². The van der Waals surface area contributed by atoms with E-state index in [1.54, 1.807) is 0 Å². The molecule has 0 unspecified atom stereocenters. The van der Waals surface area contributed by atoms with Crippen LogP contribution in [0.2, 0.25) is 0 Å². The van der Waals surface area contributed by atoms with Gasteiger partial charge in [0.2, 0.25) is 0 Å². The molecule has 68 heavy (non-hydrogen) atoms. The number of nitrogens with zero attached hydrogens (tertiary/aromatic N) is 2. The van der Waals surface area contributed by atoms with Crippen molar-refractivity contribution in [2.75, 3.05) is 13.2 Å². The molecule has 4 aromatic rings. The number of hydrogen-bond acceptors (Lipinski definition) is 3. The molecule has 5 nitrogen and oxygen atoms in total. The minimum absolute atomic E-state index is 0. The third-order valence-corrected chi connectivity index (χ3v) is 23.5. The average Bonchev–Trinajstić information content (AvgIpc) is 3.19. The summed E-state index contributed by atoms with van der Waals surface area (Å²) in [5, 5.41) is 24.6. The SMILES string of the molecule is CCOCC.Cc1ccc([N-]c2ccc(C)cc2P(C(C)C)C(C)C)c(P(C(C)C)C(C)C)c1.Cc1ccc([N-]c2ccc(C)cc2P(C(C)C)C(C)C)c(P(C(C)C)C(C)C)c1.O=[C-][O-].[Ni+2].[Ni+2]. The zero-order valence-corrected chi connectivity index (χ0v) is 51.6. The fraction of sp³-hybridized carbons (Fsp3) is 0.561. The van der Waals surface area contributed by atoms with Gasteiger partial charge in [-0.1, -0.05) is 238 Å². The molecule has 4 rings (SSSR count). The Labute approximate surface area is 443 Å². The predicted molar refractivity (Wildman–Crippen MR) is 305 cm³/mol. The van der Waals surface area contributed by atoms with Gasteiger partial charge in [-0.05, 0) is 108 Å². The van der Waals surface area contributed by atoms with E-state index in [0.717, 1.165) is 13.2 Å². The minimum Gasteiger partial charge on any atom is -0.794 e. The van der Waals surface area contributed by atoms with Crippen molar-refractivity contribution < 1.29 is 47.6 Å². The first-order valence-electron chi connectivity index (χ1n) is 24.4. The van der Waals surface area contributed by atoms with Crippen LogP contribution in [0.4, 0.5) is 22.7 Å². The molecule has 0 saturated carbocycles. The minimum atomic E-state index is -0.251. The van der Waals surface area contributed by atoms with Gasteiger partial charge in [0.15, 0.2) is 0 Å². The van der Waals surface area contributed by atoms with E-state index in [9.17, 15) is 0 Å². The van der Waals surface area contributed by atoms with Crippen molar-refractivity contribution >= 4 is 82.1 Å². The molecular formula is C57H90N2Ni2O3P4. The summed E-state index contributed by atoms with van der Waals surface area (Å²) in [6.45, 7) is 52.6. The maximum atomic E-state index is 8.12. The van der Waals surface area contributed by atoms with Crippen molar-refractivity contribution in [3.05, 3.63) is 106 Å². The Hall–Kier alpha value is -1.38. The Kier molecular flexibility index (Phi) is 35.2. The molecule has 0 amide bonds. The normalized spacial score (nSPS) is 11.3. The summed E-state index contributed by atoms with van der Waals surface area (Å²) in [6.07, 6.45) is 0. The Morgan fingerprint density at radius 1 is 0.412 bits per heavy atom. The average molecular weight is 1090 g/mol. The summed E-state index contributed by atoms with van der Waals surface area (Å²) in [7, 11) is -1.01. The van der Waals surface area contributed by atoms with Gasteiger partial charge in [0.05, 0.1) is 0 Å². The molecule has 0 N–H and O–H groups in total. The van der Waals surface area contributed by atoms with E-state index < -0.39 is 0 Å². The molecule has 0 saturated heterocycles. The maximum absolute atomic E-state index is 8.12. The first-order valence-corrected chi connectivity index (χ1v) is 30.4. The van der Waals surface area contributed by atoms with Gasteiger partial charge in [0.25, 0.3) is 0 Å². The van der Waals surface area contributed by atoms with E-state index in [1.165, 1.54) is 66.2 Å². The summed E-state index contributed by atoms with van der Waals surface area (Å²) in [5.74, 6) is 0. The van der Waals surface area contributed by atoms with Gasteiger partial charge in [-0.3, -0.25) is 0 Å². The van der Waals surface area contributed by atoms with Crippen molar-refractivity contribution in [2.24, 2.45) is 0 Å². The van der Waals surface area contributed by atoms with Crippen molar-refractivity contribution in [1.29, 1.82) is 0 Å². The molecular weight excluding hydrogens is 1000 g/mol. The van der Waals surface area contributed by atoms with Gasteiger partial charge < -0.3 is 31.7 Å². The van der Waals surface area contributed by atoms with Crippen LogP contribution in [0, 0.1) is 27.7 Å². The molecule has 11 heteroatoms. The summed E-state index contributed by atoms with van der Waals surface area (Å²) >= 11 is 0. The second-order valence-electron chi connectivity index (χ2n) is 19.4. The van der Waals surface area contributed by atoms with Crippen LogP contribution in [-0.2, 0) is 42.5 Å². The van der Waals surface area contributed by atoms with E-state index in [-0.39, 0.29) is 71.1 Å². The molecule has 0 atom stereocenters. The van der Waals surface area contributed by atoms with Crippen LogP contribution in [0.3, 0.4) is 0 Å². The molecule has 0 aliphatic carbocycles. The molecule has 386 valence electrons. The third kappa shape index (κ3) is 22.2. The van der Waals surface area contributed by atoms with Crippen molar-refractivity contribution in [1.82, 2.24) is 0 Å². The van der Waals surface area contributed by atoms with Crippen LogP contribution in [0.5, 0.6) is 0 Å². The van der Waals surface area contributed by atoms with Crippen molar-refractivity contribution in [3.8, 4) is 0 Å². The quantitative estimate of drug-likeness (QED) is 0.0566. The first-order chi connectivity index (χ1) is 30.9. The van der Waals surface area contributed by atoms with Crippen molar-refractivity contribution in [3.63, 3.8) is 0 Å². The molecule has 0 aromatic heterocycles. The van der Waals surface area contributed by atoms with Crippen molar-refractivity contribution in [2.45, 2.75) is 198 Å². The first kappa shape index (κ1) is 68.7. The monoisotopic (exact) mass is 1090 g/mol. The molecule has 0 fully saturated rings. The van der Waals surface area contributed by atoms with E-state index in [1.807, 2.05) is 13.8 Å². The van der Waals surface area contributed by atoms with E-state index >= 15 is 0 Å². The van der Waals surface area contributed by atoms with Gasteiger partial charge in [0.1, 0.15) is 0 Å². The number of ether oxygens (including phenoxy) is 1. The number of rotatable bonds is 18. The largest absolute Gasteiger partial charge is 2.00 e. The number of aryl methyl sites for hydroxylation is 4. The molecule has 0 spiro atoms. The fourth-order valence-corrected chi connectivity index (χ4v) is 21.0. The Morgan fingerprint density at radius 2 is 0.574 bits per heavy atom. The van der Waals surface area contributed by atoms with Crippen LogP contribution in [0.15, 0.2) is 72.8 Å². The summed E-state index contributed by atoms with van der Waals surface area (Å²) in [5.41, 5.74) is 15.3. The van der Waals surface area contributed by atoms with Gasteiger partial charge >= 0.3 is 33.0 Å². The third-order valence-electron chi connectivity index (χ3n) is 11.0. The van der Waals surface area contributed by atoms with Gasteiger partial charge in [0, 0.05) is 13.2 Å².